The molecule has 8 nitrogen and oxygen atoms in total. The van der Waals surface area contributed by atoms with Gasteiger partial charge in [-0.25, -0.2) is 9.59 Å². The van der Waals surface area contributed by atoms with Crippen LogP contribution in [0.1, 0.15) is 43.2 Å². The summed E-state index contributed by atoms with van der Waals surface area (Å²) in [4.78, 5) is 36.6. The van der Waals surface area contributed by atoms with Gasteiger partial charge in [-0.1, -0.05) is 61.9 Å². The predicted octanol–water partition coefficient (Wildman–Crippen LogP) is 3.30. The Morgan fingerprint density at radius 2 is 1.74 bits per heavy atom. The van der Waals surface area contributed by atoms with Crippen molar-refractivity contribution in [3.05, 3.63) is 59.7 Å². The fourth-order valence-electron chi connectivity index (χ4n) is 4.81. The second-order valence-corrected chi connectivity index (χ2v) is 8.73. The van der Waals surface area contributed by atoms with Crippen LogP contribution in [0.2, 0.25) is 0 Å². The van der Waals surface area contributed by atoms with Crippen LogP contribution in [0.5, 0.6) is 0 Å². The number of fused-ring (bicyclic) bond motifs is 3. The Labute approximate surface area is 198 Å². The van der Waals surface area contributed by atoms with Crippen molar-refractivity contribution in [2.45, 2.75) is 44.2 Å². The molecule has 3 atom stereocenters. The van der Waals surface area contributed by atoms with E-state index in [2.05, 4.69) is 22.8 Å². The Balaban J connectivity index is 1.33. The van der Waals surface area contributed by atoms with Gasteiger partial charge in [-0.3, -0.25) is 4.79 Å². The number of alkyl carbamates (subject to hydrolysis) is 1. The minimum absolute atomic E-state index is 0.0630. The van der Waals surface area contributed by atoms with E-state index in [1.165, 1.54) is 0 Å². The van der Waals surface area contributed by atoms with Crippen LogP contribution in [0.3, 0.4) is 0 Å². The first-order valence-corrected chi connectivity index (χ1v) is 11.7. The second kappa shape index (κ2) is 10.7. The lowest BCUT2D eigenvalue weighted by Crippen LogP contribution is -2.48. The molecule has 0 bridgehead atoms. The molecule has 0 radical (unpaired) electrons. The first-order chi connectivity index (χ1) is 16.5. The van der Waals surface area contributed by atoms with Gasteiger partial charge in [0.1, 0.15) is 12.6 Å². The summed E-state index contributed by atoms with van der Waals surface area (Å²) in [7, 11) is 0. The third-order valence-corrected chi connectivity index (χ3v) is 6.53. The van der Waals surface area contributed by atoms with Crippen LogP contribution in [0.15, 0.2) is 48.5 Å². The van der Waals surface area contributed by atoms with E-state index >= 15 is 0 Å². The Kier molecular flexibility index (Phi) is 7.47. The molecule has 0 saturated carbocycles. The molecule has 2 aliphatic rings. The number of carboxylic acid groups (broad SMARTS) is 1. The summed E-state index contributed by atoms with van der Waals surface area (Å²) in [6.07, 6.45) is 0.129. The van der Waals surface area contributed by atoms with Gasteiger partial charge in [0, 0.05) is 25.0 Å². The molecular weight excluding hydrogens is 436 g/mol. The molecule has 1 saturated heterocycles. The first kappa shape index (κ1) is 23.8. The highest BCUT2D eigenvalue weighted by Gasteiger charge is 2.35. The number of carbonyl (C=O) groups is 3. The molecule has 3 N–H and O–H groups in total. The van der Waals surface area contributed by atoms with Crippen LogP contribution in [0.4, 0.5) is 4.79 Å². The molecule has 0 spiro atoms. The highest BCUT2D eigenvalue weighted by molar-refractivity contribution is 5.86. The Bertz CT molecular complexity index is 1010. The van der Waals surface area contributed by atoms with Gasteiger partial charge < -0.3 is 25.2 Å². The van der Waals surface area contributed by atoms with Gasteiger partial charge in [-0.05, 0) is 35.1 Å². The summed E-state index contributed by atoms with van der Waals surface area (Å²) >= 11 is 0. The predicted molar refractivity (Wildman–Crippen MR) is 125 cm³/mol. The molecule has 2 unspecified atom stereocenters. The molecule has 1 heterocycles. The van der Waals surface area contributed by atoms with Gasteiger partial charge in [-0.2, -0.15) is 0 Å². The zero-order valence-electron chi connectivity index (χ0n) is 19.2. The maximum absolute atomic E-state index is 12.7. The molecule has 1 fully saturated rings. The Morgan fingerprint density at radius 1 is 1.09 bits per heavy atom. The minimum atomic E-state index is -1.03. The molecule has 180 valence electrons. The van der Waals surface area contributed by atoms with E-state index in [0.717, 1.165) is 22.3 Å². The summed E-state index contributed by atoms with van der Waals surface area (Å²) in [5.74, 6) is -1.74. The number of hydrogen-bond donors (Lipinski definition) is 3. The lowest BCUT2D eigenvalue weighted by molar-refractivity contribution is -0.149. The van der Waals surface area contributed by atoms with E-state index in [1.807, 2.05) is 43.3 Å². The SMILES string of the molecule is CCC[C@H](NC(=O)OCC1c2ccccc2-c2ccccc21)C(=O)NCC1CCOC1C(=O)O. The topological polar surface area (TPSA) is 114 Å². The number of benzene rings is 2. The molecule has 1 aliphatic heterocycles. The van der Waals surface area contributed by atoms with Crippen molar-refractivity contribution in [3.63, 3.8) is 0 Å². The van der Waals surface area contributed by atoms with E-state index in [-0.39, 0.29) is 30.9 Å². The zero-order valence-corrected chi connectivity index (χ0v) is 19.2. The average molecular weight is 467 g/mol. The number of amides is 2. The van der Waals surface area contributed by atoms with E-state index < -0.39 is 24.2 Å². The number of aliphatic carboxylic acids is 1. The summed E-state index contributed by atoms with van der Waals surface area (Å²) in [6, 6.07) is 15.4. The molecular formula is C26H30N2O6. The minimum Gasteiger partial charge on any atom is -0.479 e. The molecule has 34 heavy (non-hydrogen) atoms. The van der Waals surface area contributed by atoms with Gasteiger partial charge in [-0.15, -0.1) is 0 Å². The van der Waals surface area contributed by atoms with Crippen LogP contribution < -0.4 is 10.6 Å². The standard InChI is InChI=1S/C26H30N2O6/c1-2-7-22(24(29)27-14-16-12-13-33-23(16)25(30)31)28-26(32)34-15-21-19-10-5-3-8-17(19)18-9-4-6-11-20(18)21/h3-6,8-11,16,21-23H,2,7,12-15H2,1H3,(H,27,29)(H,28,32)(H,30,31)/t16?,22-,23?/m0/s1. The highest BCUT2D eigenvalue weighted by Crippen LogP contribution is 2.44. The van der Waals surface area contributed by atoms with E-state index in [0.29, 0.717) is 25.9 Å². The van der Waals surface area contributed by atoms with Crippen molar-refractivity contribution in [2.24, 2.45) is 5.92 Å². The average Bonchev–Trinajstić information content (AvgIpc) is 3.44. The van der Waals surface area contributed by atoms with Crippen LogP contribution in [-0.4, -0.2) is 55.0 Å². The molecule has 0 aromatic heterocycles. The van der Waals surface area contributed by atoms with Gasteiger partial charge in [0.2, 0.25) is 5.91 Å². The van der Waals surface area contributed by atoms with Crippen molar-refractivity contribution in [3.8, 4) is 11.1 Å². The molecule has 2 aromatic rings. The van der Waals surface area contributed by atoms with E-state index in [4.69, 9.17) is 9.47 Å². The fraction of sp³-hybridized carbons (Fsp3) is 0.423. The van der Waals surface area contributed by atoms with Crippen molar-refractivity contribution in [1.29, 1.82) is 0 Å². The number of rotatable bonds is 9. The zero-order chi connectivity index (χ0) is 24.1. The summed E-state index contributed by atoms with van der Waals surface area (Å²) in [5, 5.41) is 14.7. The van der Waals surface area contributed by atoms with Crippen LogP contribution in [0, 0.1) is 5.92 Å². The molecule has 8 heteroatoms. The maximum Gasteiger partial charge on any atom is 0.407 e. The second-order valence-electron chi connectivity index (χ2n) is 8.73. The number of ether oxygens (including phenoxy) is 2. The number of hydrogen-bond acceptors (Lipinski definition) is 5. The maximum atomic E-state index is 12.7. The van der Waals surface area contributed by atoms with E-state index in [1.54, 1.807) is 0 Å². The summed E-state index contributed by atoms with van der Waals surface area (Å²) < 4.78 is 10.8. The lowest BCUT2D eigenvalue weighted by atomic mass is 9.98. The van der Waals surface area contributed by atoms with Gasteiger partial charge >= 0.3 is 12.1 Å². The van der Waals surface area contributed by atoms with Crippen LogP contribution >= 0.6 is 0 Å². The third-order valence-electron chi connectivity index (χ3n) is 6.53. The van der Waals surface area contributed by atoms with Crippen molar-refractivity contribution >= 4 is 18.0 Å². The van der Waals surface area contributed by atoms with Gasteiger partial charge in [0.15, 0.2) is 6.10 Å². The van der Waals surface area contributed by atoms with Gasteiger partial charge in [0.05, 0.1) is 0 Å². The number of carboxylic acids is 1. The molecule has 2 aromatic carbocycles. The Hall–Kier alpha value is -3.39. The lowest BCUT2D eigenvalue weighted by Gasteiger charge is -2.21. The fourth-order valence-corrected chi connectivity index (χ4v) is 4.81. The quantitative estimate of drug-likeness (QED) is 0.523. The molecule has 4 rings (SSSR count). The van der Waals surface area contributed by atoms with Crippen molar-refractivity contribution in [1.82, 2.24) is 10.6 Å². The van der Waals surface area contributed by atoms with Crippen LogP contribution in [-0.2, 0) is 19.1 Å². The van der Waals surface area contributed by atoms with E-state index in [9.17, 15) is 19.5 Å². The molecule has 2 amide bonds. The normalized spacial score (nSPS) is 19.7. The smallest absolute Gasteiger partial charge is 0.407 e. The van der Waals surface area contributed by atoms with Crippen molar-refractivity contribution < 1.29 is 29.0 Å². The summed E-state index contributed by atoms with van der Waals surface area (Å²) in [6.45, 7) is 2.63. The highest BCUT2D eigenvalue weighted by atomic mass is 16.5. The largest absolute Gasteiger partial charge is 0.479 e. The van der Waals surface area contributed by atoms with Crippen LogP contribution in [0.25, 0.3) is 11.1 Å². The number of carbonyl (C=O) groups excluding carboxylic acids is 2. The van der Waals surface area contributed by atoms with Gasteiger partial charge in [0.25, 0.3) is 0 Å². The molecule has 1 aliphatic carbocycles. The number of nitrogens with one attached hydrogen (secondary N) is 2. The van der Waals surface area contributed by atoms with Crippen molar-refractivity contribution in [2.75, 3.05) is 19.8 Å². The summed E-state index contributed by atoms with van der Waals surface area (Å²) in [5.41, 5.74) is 4.52. The Morgan fingerprint density at radius 3 is 2.35 bits per heavy atom. The monoisotopic (exact) mass is 466 g/mol. The first-order valence-electron chi connectivity index (χ1n) is 11.7. The third kappa shape index (κ3) is 5.07.